The maximum atomic E-state index is 12.8. The average Bonchev–Trinajstić information content (AvgIpc) is 2.78. The highest BCUT2D eigenvalue weighted by molar-refractivity contribution is 8.03. The van der Waals surface area contributed by atoms with Crippen molar-refractivity contribution in [1.82, 2.24) is 5.32 Å². The second kappa shape index (κ2) is 9.96. The number of benzene rings is 2. The Labute approximate surface area is 184 Å². The van der Waals surface area contributed by atoms with Crippen LogP contribution >= 0.6 is 11.8 Å². The van der Waals surface area contributed by atoms with Gasteiger partial charge in [0.2, 0.25) is 11.8 Å². The Kier molecular flexibility index (Phi) is 7.11. The Morgan fingerprint density at radius 1 is 1.16 bits per heavy atom. The number of hydrogen-bond donors (Lipinski definition) is 2. The van der Waals surface area contributed by atoms with Gasteiger partial charge < -0.3 is 15.4 Å². The molecule has 2 atom stereocenters. The van der Waals surface area contributed by atoms with E-state index in [2.05, 4.69) is 16.7 Å². The zero-order chi connectivity index (χ0) is 22.4. The highest BCUT2D eigenvalue weighted by Gasteiger charge is 2.44. The first-order valence-corrected chi connectivity index (χ1v) is 10.5. The lowest BCUT2D eigenvalue weighted by Gasteiger charge is -2.30. The minimum atomic E-state index is -1.19. The number of hydrogen-bond acceptors (Lipinski definition) is 6. The first-order chi connectivity index (χ1) is 15.0. The third-order valence-corrected chi connectivity index (χ3v) is 5.93. The number of nitriles is 1. The quantitative estimate of drug-likeness (QED) is 0.533. The number of esters is 1. The maximum absolute atomic E-state index is 12.8. The van der Waals surface area contributed by atoms with E-state index in [1.807, 2.05) is 25.1 Å². The summed E-state index contributed by atoms with van der Waals surface area (Å²) in [5.41, 5.74) is 2.48. The molecule has 0 fully saturated rings. The van der Waals surface area contributed by atoms with E-state index in [4.69, 9.17) is 4.74 Å². The molecule has 2 N–H and O–H groups in total. The molecule has 8 heteroatoms. The van der Waals surface area contributed by atoms with Gasteiger partial charge in [-0.15, -0.1) is 0 Å². The molecule has 158 valence electrons. The zero-order valence-electron chi connectivity index (χ0n) is 17.0. The number of anilines is 1. The van der Waals surface area contributed by atoms with Crippen LogP contribution in [0.25, 0.3) is 0 Å². The van der Waals surface area contributed by atoms with Crippen molar-refractivity contribution >= 4 is 35.2 Å². The number of amides is 2. The molecule has 2 aromatic rings. The molecule has 0 unspecified atom stereocenters. The van der Waals surface area contributed by atoms with Crippen LogP contribution in [0.5, 0.6) is 0 Å². The predicted octanol–water partition coefficient (Wildman–Crippen LogP) is 3.10. The van der Waals surface area contributed by atoms with Crippen molar-refractivity contribution in [1.29, 1.82) is 5.26 Å². The van der Waals surface area contributed by atoms with Crippen LogP contribution in [-0.4, -0.2) is 30.6 Å². The summed E-state index contributed by atoms with van der Waals surface area (Å²) >= 11 is 1.05. The largest absolute Gasteiger partial charge is 0.468 e. The van der Waals surface area contributed by atoms with Crippen LogP contribution in [0.4, 0.5) is 5.69 Å². The van der Waals surface area contributed by atoms with Crippen molar-refractivity contribution in [3.05, 3.63) is 76.3 Å². The van der Waals surface area contributed by atoms with Crippen LogP contribution in [0.1, 0.15) is 17.0 Å². The summed E-state index contributed by atoms with van der Waals surface area (Å²) in [5.74, 6) is -3.56. The molecule has 0 aromatic heterocycles. The van der Waals surface area contributed by atoms with Crippen molar-refractivity contribution in [3.63, 3.8) is 0 Å². The number of carbonyl (C=O) groups excluding carboxylic acids is 3. The van der Waals surface area contributed by atoms with Gasteiger partial charge in [0.05, 0.1) is 29.5 Å². The summed E-state index contributed by atoms with van der Waals surface area (Å²) in [4.78, 5) is 37.5. The topological polar surface area (TPSA) is 108 Å². The van der Waals surface area contributed by atoms with Gasteiger partial charge in [0, 0.05) is 11.6 Å². The van der Waals surface area contributed by atoms with E-state index >= 15 is 0 Å². The Hall–Kier alpha value is -3.57. The minimum Gasteiger partial charge on any atom is -0.468 e. The van der Waals surface area contributed by atoms with E-state index in [1.54, 1.807) is 36.4 Å². The number of thioether (sulfide) groups is 1. The third-order valence-electron chi connectivity index (χ3n) is 4.91. The second-order valence-electron chi connectivity index (χ2n) is 6.88. The van der Waals surface area contributed by atoms with Crippen LogP contribution in [0.2, 0.25) is 0 Å². The molecule has 0 saturated heterocycles. The first kappa shape index (κ1) is 22.1. The molecule has 3 rings (SSSR count). The molecular formula is C23H21N3O4S. The highest BCUT2D eigenvalue weighted by atomic mass is 32.2. The summed E-state index contributed by atoms with van der Waals surface area (Å²) in [6, 6.07) is 18.4. The van der Waals surface area contributed by atoms with Crippen molar-refractivity contribution < 1.29 is 19.1 Å². The predicted molar refractivity (Wildman–Crippen MR) is 118 cm³/mol. The summed E-state index contributed by atoms with van der Waals surface area (Å²) in [6.45, 7) is 1.89. The summed E-state index contributed by atoms with van der Waals surface area (Å²) in [5, 5.41) is 15.6. The van der Waals surface area contributed by atoms with Crippen LogP contribution in [0.15, 0.2) is 65.2 Å². The van der Waals surface area contributed by atoms with Crippen LogP contribution < -0.4 is 10.6 Å². The second-order valence-corrected chi connectivity index (χ2v) is 7.87. The van der Waals surface area contributed by atoms with E-state index in [0.29, 0.717) is 11.3 Å². The number of rotatable bonds is 6. The zero-order valence-corrected chi connectivity index (χ0v) is 17.9. The van der Waals surface area contributed by atoms with Gasteiger partial charge in [-0.1, -0.05) is 60.3 Å². The SMILES string of the molecule is COC(=O)[C@@H]1C(=O)NC(SCC(=O)Nc2ccccc2C)=C(C#N)[C@@H]1c1ccccc1. The summed E-state index contributed by atoms with van der Waals surface area (Å²) in [6.07, 6.45) is 0. The molecule has 0 bridgehead atoms. The van der Waals surface area contributed by atoms with Crippen LogP contribution in [0, 0.1) is 24.2 Å². The number of ether oxygens (including phenoxy) is 1. The van der Waals surface area contributed by atoms with Gasteiger partial charge in [-0.25, -0.2) is 0 Å². The number of aryl methyl sites for hydroxylation is 1. The van der Waals surface area contributed by atoms with Crippen molar-refractivity contribution in [2.75, 3.05) is 18.2 Å². The smallest absolute Gasteiger partial charge is 0.319 e. The summed E-state index contributed by atoms with van der Waals surface area (Å²) in [7, 11) is 1.20. The molecular weight excluding hydrogens is 414 g/mol. The molecule has 31 heavy (non-hydrogen) atoms. The van der Waals surface area contributed by atoms with E-state index in [9.17, 15) is 19.6 Å². The third kappa shape index (κ3) is 4.95. The molecule has 1 aliphatic heterocycles. The lowest BCUT2D eigenvalue weighted by atomic mass is 9.78. The van der Waals surface area contributed by atoms with Crippen LogP contribution in [0.3, 0.4) is 0 Å². The molecule has 2 amide bonds. The molecule has 2 aromatic carbocycles. The number of carbonyl (C=O) groups is 3. The Morgan fingerprint density at radius 2 is 1.84 bits per heavy atom. The van der Waals surface area contributed by atoms with Crippen molar-refractivity contribution in [2.45, 2.75) is 12.8 Å². The Morgan fingerprint density at radius 3 is 2.48 bits per heavy atom. The van der Waals surface area contributed by atoms with E-state index in [0.717, 1.165) is 17.3 Å². The average molecular weight is 436 g/mol. The highest BCUT2D eigenvalue weighted by Crippen LogP contribution is 2.40. The number of allylic oxidation sites excluding steroid dienone is 1. The molecule has 7 nitrogen and oxygen atoms in total. The van der Waals surface area contributed by atoms with Gasteiger partial charge in [0.1, 0.15) is 5.92 Å². The minimum absolute atomic E-state index is 0.0144. The monoisotopic (exact) mass is 435 g/mol. The van der Waals surface area contributed by atoms with Gasteiger partial charge >= 0.3 is 5.97 Å². The maximum Gasteiger partial charge on any atom is 0.319 e. The normalized spacial score (nSPS) is 18.0. The standard InChI is InChI=1S/C23H21N3O4S/c1-14-8-6-7-11-17(14)25-18(27)13-31-22-16(12-24)19(15-9-4-3-5-10-15)20(21(28)26-22)23(29)30-2/h3-11,19-20H,13H2,1-2H3,(H,25,27)(H,26,28)/t19-,20-/m0/s1. The molecule has 1 heterocycles. The first-order valence-electron chi connectivity index (χ1n) is 9.52. The van der Waals surface area contributed by atoms with Crippen molar-refractivity contribution in [2.24, 2.45) is 5.92 Å². The van der Waals surface area contributed by atoms with Gasteiger partial charge in [-0.2, -0.15) is 5.26 Å². The number of nitrogens with one attached hydrogen (secondary N) is 2. The van der Waals surface area contributed by atoms with Gasteiger partial charge in [-0.3, -0.25) is 14.4 Å². The Bertz CT molecular complexity index is 1080. The van der Waals surface area contributed by atoms with Crippen molar-refractivity contribution in [3.8, 4) is 6.07 Å². The van der Waals surface area contributed by atoms with Gasteiger partial charge in [-0.05, 0) is 24.1 Å². The van der Waals surface area contributed by atoms with Gasteiger partial charge in [0.25, 0.3) is 0 Å². The molecule has 0 radical (unpaired) electrons. The van der Waals surface area contributed by atoms with Crippen LogP contribution in [-0.2, 0) is 19.1 Å². The number of methoxy groups -OCH3 is 1. The molecule has 1 aliphatic rings. The van der Waals surface area contributed by atoms with Gasteiger partial charge in [0.15, 0.2) is 0 Å². The lowest BCUT2D eigenvalue weighted by Crippen LogP contribution is -2.44. The van der Waals surface area contributed by atoms with E-state index in [-0.39, 0.29) is 22.3 Å². The fourth-order valence-corrected chi connectivity index (χ4v) is 4.23. The number of para-hydroxylation sites is 1. The van der Waals surface area contributed by atoms with E-state index in [1.165, 1.54) is 7.11 Å². The lowest BCUT2D eigenvalue weighted by molar-refractivity contribution is -0.150. The molecule has 0 aliphatic carbocycles. The molecule has 0 saturated carbocycles. The fourth-order valence-electron chi connectivity index (χ4n) is 3.38. The Balaban J connectivity index is 1.87. The fraction of sp³-hybridized carbons (Fsp3) is 0.217. The summed E-state index contributed by atoms with van der Waals surface area (Å²) < 4.78 is 4.81. The molecule has 0 spiro atoms. The van der Waals surface area contributed by atoms with E-state index < -0.39 is 23.7 Å². The number of nitrogens with zero attached hydrogens (tertiary/aromatic N) is 1.